The normalized spacial score (nSPS) is 33.6. The molecule has 8 heteroatoms. The largest absolute Gasteiger partial charge is 0.459 e. The summed E-state index contributed by atoms with van der Waals surface area (Å²) in [5, 5.41) is 23.7. The summed E-state index contributed by atoms with van der Waals surface area (Å²) < 4.78 is 17.4. The van der Waals surface area contributed by atoms with Crippen molar-refractivity contribution in [3.05, 3.63) is 65.3 Å². The van der Waals surface area contributed by atoms with Crippen molar-refractivity contribution >= 4 is 24.0 Å². The van der Waals surface area contributed by atoms with E-state index in [0.29, 0.717) is 36.0 Å². The molecule has 0 unspecified atom stereocenters. The van der Waals surface area contributed by atoms with Crippen molar-refractivity contribution < 1.29 is 38.8 Å². The number of aliphatic hydroxyl groups is 2. The maximum atomic E-state index is 12.8. The molecule has 0 radical (unpaired) electrons. The molecule has 0 bridgehead atoms. The Bertz CT molecular complexity index is 1270. The van der Waals surface area contributed by atoms with Crippen LogP contribution in [-0.2, 0) is 28.6 Å². The maximum Gasteiger partial charge on any atom is 0.331 e. The molecule has 7 atom stereocenters. The zero-order chi connectivity index (χ0) is 30.3. The molecule has 1 aromatic carbocycles. The third kappa shape index (κ3) is 5.64. The molecule has 8 nitrogen and oxygen atoms in total. The molecule has 0 aromatic heterocycles. The van der Waals surface area contributed by atoms with E-state index in [9.17, 15) is 24.6 Å². The van der Waals surface area contributed by atoms with Crippen molar-refractivity contribution in [2.24, 2.45) is 16.7 Å². The van der Waals surface area contributed by atoms with Gasteiger partial charge in [0.1, 0.15) is 24.4 Å². The van der Waals surface area contributed by atoms with Crippen molar-refractivity contribution in [1.82, 2.24) is 0 Å². The predicted octanol–water partition coefficient (Wildman–Crippen LogP) is 4.69. The molecule has 2 saturated carbocycles. The number of hydrogen-bond donors (Lipinski definition) is 2. The van der Waals surface area contributed by atoms with Gasteiger partial charge in [0.15, 0.2) is 0 Å². The Morgan fingerprint density at radius 3 is 2.24 bits per heavy atom. The maximum absolute atomic E-state index is 12.8. The van der Waals surface area contributed by atoms with Gasteiger partial charge in [-0.2, -0.15) is 0 Å². The van der Waals surface area contributed by atoms with E-state index in [-0.39, 0.29) is 6.42 Å². The van der Waals surface area contributed by atoms with Crippen molar-refractivity contribution in [2.45, 2.75) is 97.2 Å². The van der Waals surface area contributed by atoms with E-state index in [1.54, 1.807) is 26.8 Å². The summed E-state index contributed by atoms with van der Waals surface area (Å²) in [5.74, 6) is -1.91. The summed E-state index contributed by atoms with van der Waals surface area (Å²) in [4.78, 5) is 37.2. The van der Waals surface area contributed by atoms with Gasteiger partial charge in [0, 0.05) is 37.2 Å². The predicted molar refractivity (Wildman–Crippen MR) is 153 cm³/mol. The van der Waals surface area contributed by atoms with Crippen LogP contribution in [0.1, 0.15) is 72.8 Å². The molecule has 1 aromatic rings. The third-order valence-electron chi connectivity index (χ3n) is 9.59. The summed E-state index contributed by atoms with van der Waals surface area (Å²) in [6.45, 7) is 14.1. The highest BCUT2D eigenvalue weighted by atomic mass is 16.6. The van der Waals surface area contributed by atoms with E-state index < -0.39 is 64.7 Å². The van der Waals surface area contributed by atoms with E-state index in [2.05, 4.69) is 6.58 Å². The molecular formula is C33H42O8. The summed E-state index contributed by atoms with van der Waals surface area (Å²) in [5.41, 5.74) is -0.459. The van der Waals surface area contributed by atoms with Crippen LogP contribution in [0.3, 0.4) is 0 Å². The molecule has 0 aliphatic heterocycles. The highest BCUT2D eigenvalue weighted by Crippen LogP contribution is 2.64. The fourth-order valence-corrected chi connectivity index (χ4v) is 7.43. The summed E-state index contributed by atoms with van der Waals surface area (Å²) >= 11 is 0. The second-order valence-electron chi connectivity index (χ2n) is 12.6. The Kier molecular flexibility index (Phi) is 8.40. The van der Waals surface area contributed by atoms with Crippen LogP contribution >= 0.6 is 0 Å². The van der Waals surface area contributed by atoms with E-state index in [1.165, 1.54) is 19.9 Å². The Labute approximate surface area is 242 Å². The molecule has 3 aliphatic carbocycles. The molecule has 3 aliphatic rings. The summed E-state index contributed by atoms with van der Waals surface area (Å²) in [6, 6.07) is 9.43. The second-order valence-corrected chi connectivity index (χ2v) is 12.6. The van der Waals surface area contributed by atoms with Gasteiger partial charge in [-0.15, -0.1) is 0 Å². The summed E-state index contributed by atoms with van der Waals surface area (Å²) in [6.07, 6.45) is 1.11. The lowest BCUT2D eigenvalue weighted by atomic mass is 9.57. The first-order chi connectivity index (χ1) is 19.1. The fraction of sp³-hybridized carbons (Fsp3) is 0.545. The minimum absolute atomic E-state index is 0.255. The van der Waals surface area contributed by atoms with E-state index in [0.717, 1.165) is 5.56 Å². The van der Waals surface area contributed by atoms with Crippen LogP contribution in [-0.4, -0.2) is 58.1 Å². The van der Waals surface area contributed by atoms with Crippen LogP contribution < -0.4 is 0 Å². The van der Waals surface area contributed by atoms with E-state index in [1.807, 2.05) is 37.3 Å². The second kappa shape index (κ2) is 11.2. The average Bonchev–Trinajstić information content (AvgIpc) is 3.12. The first-order valence-electron chi connectivity index (χ1n) is 14.2. The van der Waals surface area contributed by atoms with E-state index >= 15 is 0 Å². The van der Waals surface area contributed by atoms with Crippen molar-refractivity contribution in [3.63, 3.8) is 0 Å². The van der Waals surface area contributed by atoms with Crippen molar-refractivity contribution in [1.29, 1.82) is 0 Å². The number of esters is 3. The minimum Gasteiger partial charge on any atom is -0.459 e. The Morgan fingerprint density at radius 2 is 1.66 bits per heavy atom. The lowest BCUT2D eigenvalue weighted by molar-refractivity contribution is -0.168. The topological polar surface area (TPSA) is 119 Å². The van der Waals surface area contributed by atoms with Crippen molar-refractivity contribution in [3.8, 4) is 0 Å². The number of benzene rings is 1. The molecule has 2 N–H and O–H groups in total. The molecule has 41 heavy (non-hydrogen) atoms. The highest BCUT2D eigenvalue weighted by molar-refractivity contribution is 5.87. The monoisotopic (exact) mass is 566 g/mol. The van der Waals surface area contributed by atoms with E-state index in [4.69, 9.17) is 14.2 Å². The van der Waals surface area contributed by atoms with Crippen molar-refractivity contribution in [2.75, 3.05) is 0 Å². The van der Waals surface area contributed by atoms with Gasteiger partial charge in [0.25, 0.3) is 0 Å². The van der Waals surface area contributed by atoms with Crippen LogP contribution in [0.2, 0.25) is 0 Å². The number of ether oxygens (including phenoxy) is 3. The molecule has 0 amide bonds. The third-order valence-corrected chi connectivity index (χ3v) is 9.59. The molecule has 0 spiro atoms. The standard InChI is InChI=1S/C33H42O8/c1-19-24-17-33(31(5,6)38)18-26(39-21(3)34)20(2)28(33)29(37)30(40-22(4)35)32(24,7)16-15-25(19)41-27(36)14-13-23-11-9-8-10-12-23/h8-14,24-26,29-30,37-38H,1,15-18H2,2-7H3/b14-13+/t24-,25+,26+,29-,30+,32-,33+/m1/s1. The number of carbonyl (C=O) groups is 3. The van der Waals surface area contributed by atoms with Gasteiger partial charge in [0.05, 0.1) is 5.60 Å². The Balaban J connectivity index is 1.75. The fourth-order valence-electron chi connectivity index (χ4n) is 7.43. The van der Waals surface area contributed by atoms with Gasteiger partial charge in [-0.25, -0.2) is 4.79 Å². The zero-order valence-electron chi connectivity index (χ0n) is 24.8. The summed E-state index contributed by atoms with van der Waals surface area (Å²) in [7, 11) is 0. The first-order valence-corrected chi connectivity index (χ1v) is 14.2. The Hall–Kier alpha value is -3.23. The van der Waals surface area contributed by atoms with Crippen LogP contribution in [0, 0.1) is 16.7 Å². The Morgan fingerprint density at radius 1 is 1.02 bits per heavy atom. The van der Waals surface area contributed by atoms with Crippen LogP contribution in [0.4, 0.5) is 0 Å². The number of carbonyl (C=O) groups excluding carboxylic acids is 3. The smallest absolute Gasteiger partial charge is 0.331 e. The average molecular weight is 567 g/mol. The SMILES string of the molecule is C=C1[C@@H](OC(=O)/C=C/c2ccccc2)CC[C@]2(C)[C@@H]1C[C@]1(C(C)(C)O)C[C@H](OC(C)=O)C(C)=C1[C@@H](O)[C@@H]2OC(C)=O. The highest BCUT2D eigenvalue weighted by Gasteiger charge is 2.65. The first kappa shape index (κ1) is 30.7. The minimum atomic E-state index is -1.35. The molecular weight excluding hydrogens is 524 g/mol. The molecule has 0 saturated heterocycles. The zero-order valence-corrected chi connectivity index (χ0v) is 24.8. The van der Waals surface area contributed by atoms with Gasteiger partial charge >= 0.3 is 17.9 Å². The number of hydrogen-bond acceptors (Lipinski definition) is 8. The van der Waals surface area contributed by atoms with Gasteiger partial charge in [-0.3, -0.25) is 9.59 Å². The van der Waals surface area contributed by atoms with Gasteiger partial charge in [-0.1, -0.05) is 43.8 Å². The molecule has 4 rings (SSSR count). The molecule has 222 valence electrons. The van der Waals surface area contributed by atoms with Crippen LogP contribution in [0.25, 0.3) is 6.08 Å². The van der Waals surface area contributed by atoms with Crippen LogP contribution in [0.15, 0.2) is 59.7 Å². The number of aliphatic hydroxyl groups excluding tert-OH is 1. The lowest BCUT2D eigenvalue weighted by Gasteiger charge is -2.50. The lowest BCUT2D eigenvalue weighted by Crippen LogP contribution is -2.51. The van der Waals surface area contributed by atoms with Gasteiger partial charge in [0.2, 0.25) is 0 Å². The quantitative estimate of drug-likeness (QED) is 0.220. The number of fused-ring (bicyclic) bond motifs is 2. The van der Waals surface area contributed by atoms with Crippen LogP contribution in [0.5, 0.6) is 0 Å². The number of rotatable bonds is 6. The van der Waals surface area contributed by atoms with Gasteiger partial charge in [-0.05, 0) is 74.3 Å². The molecule has 2 fully saturated rings. The van der Waals surface area contributed by atoms with Gasteiger partial charge < -0.3 is 24.4 Å². The molecule has 0 heterocycles.